The number of unbranched alkanes of at least 4 members (excludes halogenated alkanes) is 11. The SMILES string of the molecule is COC(=O)CCCCCCCCCCCCCCC(O)(O)O. The molecule has 0 heterocycles. The van der Waals surface area contributed by atoms with Crippen LogP contribution in [0.5, 0.6) is 0 Å². The van der Waals surface area contributed by atoms with E-state index >= 15 is 0 Å². The molecule has 0 amide bonds. The maximum absolute atomic E-state index is 10.9. The summed E-state index contributed by atoms with van der Waals surface area (Å²) in [5.74, 6) is -2.60. The van der Waals surface area contributed by atoms with Crippen LogP contribution >= 0.6 is 0 Å². The Hall–Kier alpha value is -0.650. The first kappa shape index (κ1) is 21.4. The van der Waals surface area contributed by atoms with Crippen LogP contribution in [-0.4, -0.2) is 34.4 Å². The van der Waals surface area contributed by atoms with Gasteiger partial charge in [0.1, 0.15) is 0 Å². The molecule has 0 radical (unpaired) electrons. The molecule has 0 spiro atoms. The van der Waals surface area contributed by atoms with Gasteiger partial charge in [0.25, 0.3) is 5.97 Å². The minimum absolute atomic E-state index is 0.0307. The van der Waals surface area contributed by atoms with Gasteiger partial charge in [-0.2, -0.15) is 0 Å². The van der Waals surface area contributed by atoms with Gasteiger partial charge in [-0.25, -0.2) is 0 Å². The number of ether oxygens (including phenoxy) is 1. The number of rotatable bonds is 15. The highest BCUT2D eigenvalue weighted by molar-refractivity contribution is 5.68. The van der Waals surface area contributed by atoms with E-state index in [0.29, 0.717) is 12.8 Å². The smallest absolute Gasteiger partial charge is 0.305 e. The zero-order chi connectivity index (χ0) is 16.7. The van der Waals surface area contributed by atoms with Gasteiger partial charge in [0.05, 0.1) is 7.11 Å². The summed E-state index contributed by atoms with van der Waals surface area (Å²) in [4.78, 5) is 10.9. The van der Waals surface area contributed by atoms with Gasteiger partial charge < -0.3 is 20.1 Å². The lowest BCUT2D eigenvalue weighted by molar-refractivity contribution is -0.315. The molecule has 0 aromatic carbocycles. The quantitative estimate of drug-likeness (QED) is 0.245. The van der Waals surface area contributed by atoms with Crippen molar-refractivity contribution in [1.82, 2.24) is 0 Å². The molecule has 5 heteroatoms. The van der Waals surface area contributed by atoms with Crippen molar-refractivity contribution in [3.63, 3.8) is 0 Å². The maximum atomic E-state index is 10.9. The largest absolute Gasteiger partial charge is 0.469 e. The first-order valence-corrected chi connectivity index (χ1v) is 8.69. The zero-order valence-electron chi connectivity index (χ0n) is 14.1. The van der Waals surface area contributed by atoms with Gasteiger partial charge in [-0.1, -0.05) is 64.2 Å². The van der Waals surface area contributed by atoms with Gasteiger partial charge >= 0.3 is 5.97 Å². The molecule has 0 unspecified atom stereocenters. The molecule has 0 aliphatic carbocycles. The Bertz CT molecular complexity index is 260. The molecule has 0 aromatic heterocycles. The first-order chi connectivity index (χ1) is 10.5. The summed E-state index contributed by atoms with van der Waals surface area (Å²) in [7, 11) is 1.43. The molecule has 132 valence electrons. The number of methoxy groups -OCH3 is 1. The number of hydrogen-bond donors (Lipinski definition) is 3. The second-order valence-electron chi connectivity index (χ2n) is 6.09. The van der Waals surface area contributed by atoms with Crippen LogP contribution in [0.3, 0.4) is 0 Å². The Morgan fingerprint density at radius 3 is 1.45 bits per heavy atom. The van der Waals surface area contributed by atoms with Gasteiger partial charge in [0.2, 0.25) is 0 Å². The van der Waals surface area contributed by atoms with Crippen LogP contribution in [0.4, 0.5) is 0 Å². The third-order valence-electron chi connectivity index (χ3n) is 3.87. The van der Waals surface area contributed by atoms with Gasteiger partial charge in [-0.05, 0) is 12.8 Å². The van der Waals surface area contributed by atoms with Gasteiger partial charge in [0, 0.05) is 12.8 Å². The van der Waals surface area contributed by atoms with Gasteiger partial charge in [-0.15, -0.1) is 0 Å². The summed E-state index contributed by atoms with van der Waals surface area (Å²) in [5, 5.41) is 26.2. The lowest BCUT2D eigenvalue weighted by atomic mass is 10.0. The average molecular weight is 318 g/mol. The van der Waals surface area contributed by atoms with E-state index in [1.54, 1.807) is 0 Å². The fraction of sp³-hybridized carbons (Fsp3) is 0.941. The molecule has 0 rings (SSSR count). The third kappa shape index (κ3) is 17.4. The number of hydrogen-bond acceptors (Lipinski definition) is 5. The lowest BCUT2D eigenvalue weighted by Crippen LogP contribution is -2.26. The van der Waals surface area contributed by atoms with Gasteiger partial charge in [0.15, 0.2) is 0 Å². The Balaban J connectivity index is 3.07. The van der Waals surface area contributed by atoms with Crippen LogP contribution in [0, 0.1) is 0 Å². The molecule has 0 bridgehead atoms. The molecule has 0 fully saturated rings. The average Bonchev–Trinajstić information content (AvgIpc) is 2.46. The van der Waals surface area contributed by atoms with Crippen LogP contribution in [0.1, 0.15) is 89.9 Å². The topological polar surface area (TPSA) is 87.0 Å². The molecule has 0 saturated carbocycles. The van der Waals surface area contributed by atoms with E-state index < -0.39 is 5.97 Å². The molecular weight excluding hydrogens is 284 g/mol. The third-order valence-corrected chi connectivity index (χ3v) is 3.87. The summed E-state index contributed by atoms with van der Waals surface area (Å²) >= 11 is 0. The summed E-state index contributed by atoms with van der Waals surface area (Å²) in [6.45, 7) is 0. The zero-order valence-corrected chi connectivity index (χ0v) is 14.1. The second kappa shape index (κ2) is 14.0. The number of esters is 1. The first-order valence-electron chi connectivity index (χ1n) is 8.69. The van der Waals surface area contributed by atoms with E-state index in [1.807, 2.05) is 0 Å². The predicted octanol–water partition coefficient (Wildman–Crippen LogP) is 3.25. The summed E-state index contributed by atoms with van der Waals surface area (Å²) in [6.07, 6.45) is 13.9. The number of carbonyl (C=O) groups is 1. The summed E-state index contributed by atoms with van der Waals surface area (Å²) in [5.41, 5.74) is 0. The Kier molecular flexibility index (Phi) is 13.6. The molecule has 0 aliphatic rings. The minimum Gasteiger partial charge on any atom is -0.469 e. The molecule has 5 nitrogen and oxygen atoms in total. The highest BCUT2D eigenvalue weighted by atomic mass is 16.7. The monoisotopic (exact) mass is 318 g/mol. The molecule has 0 atom stereocenters. The summed E-state index contributed by atoms with van der Waals surface area (Å²) < 4.78 is 4.60. The lowest BCUT2D eigenvalue weighted by Gasteiger charge is -2.12. The Labute approximate surface area is 134 Å². The number of carbonyl (C=O) groups excluding carboxylic acids is 1. The van der Waals surface area contributed by atoms with Crippen molar-refractivity contribution < 1.29 is 24.9 Å². The van der Waals surface area contributed by atoms with Crippen LogP contribution < -0.4 is 0 Å². The molecule has 22 heavy (non-hydrogen) atoms. The van der Waals surface area contributed by atoms with Crippen molar-refractivity contribution in [2.24, 2.45) is 0 Å². The minimum atomic E-state index is -2.49. The Morgan fingerprint density at radius 1 is 0.727 bits per heavy atom. The molecular formula is C17H34O5. The molecule has 0 aliphatic heterocycles. The van der Waals surface area contributed by atoms with E-state index in [0.717, 1.165) is 25.7 Å². The van der Waals surface area contributed by atoms with Crippen molar-refractivity contribution in [1.29, 1.82) is 0 Å². The molecule has 0 aromatic rings. The molecule has 0 saturated heterocycles. The fourth-order valence-corrected chi connectivity index (χ4v) is 2.50. The fourth-order valence-electron chi connectivity index (χ4n) is 2.50. The van der Waals surface area contributed by atoms with Crippen molar-refractivity contribution in [2.45, 2.75) is 95.9 Å². The van der Waals surface area contributed by atoms with Gasteiger partial charge in [-0.3, -0.25) is 4.79 Å². The van der Waals surface area contributed by atoms with Crippen molar-refractivity contribution >= 4 is 5.97 Å². The highest BCUT2D eigenvalue weighted by Gasteiger charge is 2.16. The van der Waals surface area contributed by atoms with Crippen LogP contribution in [0.15, 0.2) is 0 Å². The Morgan fingerprint density at radius 2 is 1.09 bits per heavy atom. The highest BCUT2D eigenvalue weighted by Crippen LogP contribution is 2.14. The van der Waals surface area contributed by atoms with E-state index in [-0.39, 0.29) is 12.4 Å². The number of aliphatic hydroxyl groups is 3. The standard InChI is InChI=1S/C17H34O5/c1-22-16(18)14-12-10-8-6-4-2-3-5-7-9-11-13-15-17(19,20)21/h19-21H,2-15H2,1H3. The normalized spacial score (nSPS) is 11.6. The molecule has 3 N–H and O–H groups in total. The van der Waals surface area contributed by atoms with E-state index in [2.05, 4.69) is 4.74 Å². The van der Waals surface area contributed by atoms with Crippen molar-refractivity contribution in [3.8, 4) is 0 Å². The van der Waals surface area contributed by atoms with Crippen molar-refractivity contribution in [2.75, 3.05) is 7.11 Å². The second-order valence-corrected chi connectivity index (χ2v) is 6.09. The summed E-state index contributed by atoms with van der Waals surface area (Å²) in [6, 6.07) is 0. The van der Waals surface area contributed by atoms with E-state index in [1.165, 1.54) is 52.1 Å². The predicted molar refractivity (Wildman–Crippen MR) is 86.0 cm³/mol. The van der Waals surface area contributed by atoms with E-state index in [4.69, 9.17) is 15.3 Å². The van der Waals surface area contributed by atoms with Crippen molar-refractivity contribution in [3.05, 3.63) is 0 Å². The van der Waals surface area contributed by atoms with E-state index in [9.17, 15) is 4.79 Å². The van der Waals surface area contributed by atoms with Crippen LogP contribution in [0.2, 0.25) is 0 Å². The van der Waals surface area contributed by atoms with Crippen LogP contribution in [0.25, 0.3) is 0 Å². The van der Waals surface area contributed by atoms with Crippen LogP contribution in [-0.2, 0) is 9.53 Å². The maximum Gasteiger partial charge on any atom is 0.305 e.